The van der Waals surface area contributed by atoms with Crippen molar-refractivity contribution in [1.29, 1.82) is 0 Å². The maximum Gasteiger partial charge on any atom is 0.361 e. The Morgan fingerprint density at radius 3 is 1.32 bits per heavy atom. The Bertz CT molecular complexity index is 1310. The lowest BCUT2D eigenvalue weighted by Crippen LogP contribution is -2.10. The summed E-state index contributed by atoms with van der Waals surface area (Å²) in [5.41, 5.74) is 3.51. The van der Waals surface area contributed by atoms with Crippen LogP contribution in [0.2, 0.25) is 0 Å². The molecule has 0 bridgehead atoms. The number of carbonyl (C=O) groups is 2. The van der Waals surface area contributed by atoms with Crippen LogP contribution >= 0.6 is 0 Å². The van der Waals surface area contributed by atoms with Crippen LogP contribution in [-0.2, 0) is 0 Å². The number of esters is 2. The van der Waals surface area contributed by atoms with Gasteiger partial charge in [-0.25, -0.2) is 9.59 Å². The van der Waals surface area contributed by atoms with Gasteiger partial charge in [-0.05, 0) is 36.4 Å². The Labute approximate surface area is 194 Å². The number of carbonyl (C=O) groups excluding carboxylic acids is 2. The molecule has 2 N–H and O–H groups in total. The summed E-state index contributed by atoms with van der Waals surface area (Å²) in [6.07, 6.45) is 0. The molecule has 2 aromatic heterocycles. The number of benzene rings is 3. The molecule has 0 saturated carbocycles. The summed E-state index contributed by atoms with van der Waals surface area (Å²) in [6, 6.07) is 28.4. The van der Waals surface area contributed by atoms with E-state index >= 15 is 0 Å². The van der Waals surface area contributed by atoms with Crippen LogP contribution < -0.4 is 9.47 Å². The predicted octanol–water partition coefficient (Wildman–Crippen LogP) is 4.91. The molecule has 3 aromatic carbocycles. The fraction of sp³-hybridized carbons (Fsp3) is 0. The first-order valence-electron chi connectivity index (χ1n) is 10.4. The molecular formula is C26H18N4O4. The Hall–Kier alpha value is -4.98. The van der Waals surface area contributed by atoms with Crippen LogP contribution in [0, 0.1) is 0 Å². The van der Waals surface area contributed by atoms with Crippen molar-refractivity contribution in [2.24, 2.45) is 0 Å². The standard InChI is InChI=1S/C26H18N4O4/c31-25(23-15-21(27-29-23)17-7-3-1-4-8-17)33-19-11-13-20(14-12-19)34-26(32)24-16-22(28-30-24)18-9-5-2-6-10-18/h1-16H,(H,27,29)(H,28,30). The second-order valence-corrected chi connectivity index (χ2v) is 7.32. The van der Waals surface area contributed by atoms with Gasteiger partial charge in [0, 0.05) is 11.1 Å². The monoisotopic (exact) mass is 450 g/mol. The van der Waals surface area contributed by atoms with E-state index in [0.717, 1.165) is 11.1 Å². The Morgan fingerprint density at radius 1 is 0.559 bits per heavy atom. The molecule has 0 aliphatic carbocycles. The highest BCUT2D eigenvalue weighted by Gasteiger charge is 2.15. The van der Waals surface area contributed by atoms with Crippen LogP contribution in [0.15, 0.2) is 97.1 Å². The number of hydrogen-bond acceptors (Lipinski definition) is 6. The van der Waals surface area contributed by atoms with Gasteiger partial charge >= 0.3 is 11.9 Å². The minimum atomic E-state index is -0.578. The van der Waals surface area contributed by atoms with Crippen LogP contribution in [0.1, 0.15) is 21.0 Å². The summed E-state index contributed by atoms with van der Waals surface area (Å²) < 4.78 is 10.8. The fourth-order valence-corrected chi connectivity index (χ4v) is 3.27. The van der Waals surface area contributed by atoms with E-state index in [2.05, 4.69) is 20.4 Å². The highest BCUT2D eigenvalue weighted by atomic mass is 16.5. The Balaban J connectivity index is 1.20. The van der Waals surface area contributed by atoms with Crippen LogP contribution in [0.25, 0.3) is 22.5 Å². The van der Waals surface area contributed by atoms with Gasteiger partial charge in [0.1, 0.15) is 22.9 Å². The van der Waals surface area contributed by atoms with Crippen molar-refractivity contribution in [2.75, 3.05) is 0 Å². The zero-order valence-electron chi connectivity index (χ0n) is 17.8. The normalized spacial score (nSPS) is 10.6. The van der Waals surface area contributed by atoms with E-state index in [4.69, 9.17) is 9.47 Å². The summed E-state index contributed by atoms with van der Waals surface area (Å²) in [6.45, 7) is 0. The Kier molecular flexibility index (Phi) is 5.69. The second kappa shape index (κ2) is 9.25. The quantitative estimate of drug-likeness (QED) is 0.281. The van der Waals surface area contributed by atoms with E-state index in [1.54, 1.807) is 12.1 Å². The maximum atomic E-state index is 12.4. The summed E-state index contributed by atoms with van der Waals surface area (Å²) in [7, 11) is 0. The lowest BCUT2D eigenvalue weighted by atomic mass is 10.1. The average Bonchev–Trinajstić information content (AvgIpc) is 3.57. The van der Waals surface area contributed by atoms with E-state index in [-0.39, 0.29) is 11.4 Å². The molecule has 0 aliphatic rings. The zero-order valence-corrected chi connectivity index (χ0v) is 17.8. The van der Waals surface area contributed by atoms with Crippen molar-refractivity contribution >= 4 is 11.9 Å². The van der Waals surface area contributed by atoms with Gasteiger partial charge in [0.25, 0.3) is 0 Å². The van der Waals surface area contributed by atoms with E-state index in [1.807, 2.05) is 60.7 Å². The number of rotatable bonds is 6. The van der Waals surface area contributed by atoms with Gasteiger partial charge in [0.2, 0.25) is 0 Å². The van der Waals surface area contributed by atoms with Gasteiger partial charge in [0.15, 0.2) is 0 Å². The first-order chi connectivity index (χ1) is 16.7. The predicted molar refractivity (Wildman–Crippen MR) is 124 cm³/mol. The number of H-pyrrole nitrogens is 2. The maximum absolute atomic E-state index is 12.4. The van der Waals surface area contributed by atoms with Crippen LogP contribution in [0.4, 0.5) is 0 Å². The number of aromatic amines is 2. The molecule has 0 spiro atoms. The number of ether oxygens (including phenoxy) is 2. The molecule has 2 heterocycles. The second-order valence-electron chi connectivity index (χ2n) is 7.32. The molecular weight excluding hydrogens is 432 g/mol. The lowest BCUT2D eigenvalue weighted by molar-refractivity contribution is 0.0713. The van der Waals surface area contributed by atoms with Crippen LogP contribution in [0.5, 0.6) is 11.5 Å². The first-order valence-corrected chi connectivity index (χ1v) is 10.4. The lowest BCUT2D eigenvalue weighted by Gasteiger charge is -2.05. The van der Waals surface area contributed by atoms with Crippen molar-refractivity contribution in [3.63, 3.8) is 0 Å². The summed E-state index contributed by atoms with van der Waals surface area (Å²) in [4.78, 5) is 24.9. The summed E-state index contributed by atoms with van der Waals surface area (Å²) >= 11 is 0. The number of hydrogen-bond donors (Lipinski definition) is 2. The number of aromatic nitrogens is 4. The van der Waals surface area contributed by atoms with Gasteiger partial charge < -0.3 is 9.47 Å². The highest BCUT2D eigenvalue weighted by molar-refractivity contribution is 5.91. The fourth-order valence-electron chi connectivity index (χ4n) is 3.27. The average molecular weight is 450 g/mol. The number of nitrogens with one attached hydrogen (secondary N) is 2. The molecule has 5 aromatic rings. The molecule has 0 fully saturated rings. The molecule has 8 heteroatoms. The van der Waals surface area contributed by atoms with Crippen molar-refractivity contribution in [3.8, 4) is 34.0 Å². The Morgan fingerprint density at radius 2 is 0.941 bits per heavy atom. The smallest absolute Gasteiger partial charge is 0.361 e. The van der Waals surface area contributed by atoms with E-state index in [1.165, 1.54) is 24.3 Å². The van der Waals surface area contributed by atoms with Gasteiger partial charge in [-0.3, -0.25) is 10.2 Å². The van der Waals surface area contributed by atoms with E-state index in [0.29, 0.717) is 22.9 Å². The summed E-state index contributed by atoms with van der Waals surface area (Å²) in [5.74, 6) is -0.558. The molecule has 0 aliphatic heterocycles. The third kappa shape index (κ3) is 4.61. The van der Waals surface area contributed by atoms with E-state index in [9.17, 15) is 9.59 Å². The number of nitrogens with zero attached hydrogens (tertiary/aromatic N) is 2. The first kappa shape index (κ1) is 20.9. The third-order valence-electron chi connectivity index (χ3n) is 4.98. The van der Waals surface area contributed by atoms with Gasteiger partial charge in [-0.15, -0.1) is 0 Å². The van der Waals surface area contributed by atoms with Gasteiger partial charge in [0.05, 0.1) is 11.4 Å². The van der Waals surface area contributed by atoms with Crippen molar-refractivity contribution < 1.29 is 19.1 Å². The topological polar surface area (TPSA) is 110 Å². The van der Waals surface area contributed by atoms with Crippen molar-refractivity contribution in [2.45, 2.75) is 0 Å². The molecule has 166 valence electrons. The van der Waals surface area contributed by atoms with Crippen molar-refractivity contribution in [1.82, 2.24) is 20.4 Å². The highest BCUT2D eigenvalue weighted by Crippen LogP contribution is 2.22. The van der Waals surface area contributed by atoms with Crippen LogP contribution in [0.3, 0.4) is 0 Å². The molecule has 0 atom stereocenters. The van der Waals surface area contributed by atoms with Crippen molar-refractivity contribution in [3.05, 3.63) is 108 Å². The minimum absolute atomic E-state index is 0.225. The van der Waals surface area contributed by atoms with Gasteiger partial charge in [-0.1, -0.05) is 60.7 Å². The molecule has 0 saturated heterocycles. The van der Waals surface area contributed by atoms with Crippen LogP contribution in [-0.4, -0.2) is 32.3 Å². The molecule has 8 nitrogen and oxygen atoms in total. The van der Waals surface area contributed by atoms with E-state index < -0.39 is 11.9 Å². The third-order valence-corrected chi connectivity index (χ3v) is 4.98. The molecule has 0 radical (unpaired) electrons. The molecule has 5 rings (SSSR count). The SMILES string of the molecule is O=C(Oc1ccc(OC(=O)c2cc(-c3ccccc3)n[nH]2)cc1)c1cc(-c2ccccc2)n[nH]1. The molecule has 0 unspecified atom stereocenters. The summed E-state index contributed by atoms with van der Waals surface area (Å²) in [5, 5.41) is 13.7. The van der Waals surface area contributed by atoms with Gasteiger partial charge in [-0.2, -0.15) is 10.2 Å². The molecule has 0 amide bonds. The zero-order chi connectivity index (χ0) is 23.3. The minimum Gasteiger partial charge on any atom is -0.422 e. The molecule has 34 heavy (non-hydrogen) atoms. The largest absolute Gasteiger partial charge is 0.422 e.